The van der Waals surface area contributed by atoms with Gasteiger partial charge in [0.15, 0.2) is 5.78 Å². The zero-order valence-electron chi connectivity index (χ0n) is 22.4. The lowest BCUT2D eigenvalue weighted by Gasteiger charge is -2.26. The number of nitrogens with two attached hydrogens (primary N) is 1. The number of rotatable bonds is 8. The minimum atomic E-state index is -1.52. The van der Waals surface area contributed by atoms with Crippen molar-refractivity contribution in [2.75, 3.05) is 6.61 Å². The Balaban J connectivity index is 1.46. The number of benzene rings is 2. The van der Waals surface area contributed by atoms with Gasteiger partial charge in [-0.25, -0.2) is 9.37 Å². The smallest absolute Gasteiger partial charge is 0.231 e. The molecule has 39 heavy (non-hydrogen) atoms. The molecule has 0 saturated heterocycles. The number of nitrogens with zero attached hydrogens (tertiary/aromatic N) is 3. The molecule has 0 radical (unpaired) electrons. The third-order valence-corrected chi connectivity index (χ3v) is 7.50. The second kappa shape index (κ2) is 9.57. The molecular weight excluding hydrogens is 499 g/mol. The highest BCUT2D eigenvalue weighted by Gasteiger charge is 2.45. The largest absolute Gasteiger partial charge is 0.489 e. The zero-order valence-corrected chi connectivity index (χ0v) is 22.4. The maximum Gasteiger partial charge on any atom is 0.231 e. The molecule has 0 bridgehead atoms. The number of hydrogen-bond donors (Lipinski definition) is 2. The molecule has 8 nitrogen and oxygen atoms in total. The number of aliphatic hydroxyl groups is 1. The van der Waals surface area contributed by atoms with E-state index in [0.717, 1.165) is 10.9 Å². The minimum Gasteiger partial charge on any atom is -0.489 e. The molecule has 0 spiro atoms. The van der Waals surface area contributed by atoms with E-state index in [9.17, 15) is 19.1 Å². The number of hydrogen-bond acceptors (Lipinski definition) is 6. The Bertz CT molecular complexity index is 1590. The van der Waals surface area contributed by atoms with Gasteiger partial charge >= 0.3 is 0 Å². The number of amides is 1. The molecule has 0 saturated carbocycles. The van der Waals surface area contributed by atoms with Gasteiger partial charge in [-0.2, -0.15) is 5.10 Å². The molecule has 0 unspecified atom stereocenters. The van der Waals surface area contributed by atoms with Gasteiger partial charge in [0.1, 0.15) is 34.9 Å². The van der Waals surface area contributed by atoms with Crippen LogP contribution in [0.5, 0.6) is 5.75 Å². The normalized spacial score (nSPS) is 18.1. The van der Waals surface area contributed by atoms with E-state index in [-0.39, 0.29) is 37.0 Å². The molecule has 1 aliphatic heterocycles. The van der Waals surface area contributed by atoms with Crippen molar-refractivity contribution in [1.82, 2.24) is 14.8 Å². The van der Waals surface area contributed by atoms with E-state index >= 15 is 0 Å². The molecule has 3 heterocycles. The molecule has 202 valence electrons. The van der Waals surface area contributed by atoms with Crippen LogP contribution in [0.4, 0.5) is 4.39 Å². The van der Waals surface area contributed by atoms with Crippen molar-refractivity contribution in [3.8, 4) is 17.0 Å². The van der Waals surface area contributed by atoms with Gasteiger partial charge in [0.05, 0.1) is 11.2 Å². The number of pyridine rings is 1. The number of fused-ring (bicyclic) bond motifs is 2. The molecule has 5 rings (SSSR count). The SMILES string of the molecule is CC(C)n1cc2cc(C(=O)CC[C@](C)(O)c3cc4c(c(-c5ccc(F)cc5)n3)OC[C@]4(C)C(N)=O)ccc2n1. The van der Waals surface area contributed by atoms with E-state index in [2.05, 4.69) is 10.1 Å². The van der Waals surface area contributed by atoms with Crippen molar-refractivity contribution in [3.63, 3.8) is 0 Å². The van der Waals surface area contributed by atoms with Gasteiger partial charge in [0.25, 0.3) is 0 Å². The number of halogens is 1. The van der Waals surface area contributed by atoms with Gasteiger partial charge in [-0.1, -0.05) is 0 Å². The third-order valence-electron chi connectivity index (χ3n) is 7.50. The fourth-order valence-electron chi connectivity index (χ4n) is 4.78. The molecule has 4 aromatic rings. The molecule has 2 atom stereocenters. The van der Waals surface area contributed by atoms with E-state index in [0.29, 0.717) is 28.1 Å². The quantitative estimate of drug-likeness (QED) is 0.315. The number of carbonyl (C=O) groups excluding carboxylic acids is 2. The Kier molecular flexibility index (Phi) is 6.50. The Morgan fingerprint density at radius 2 is 1.92 bits per heavy atom. The molecule has 2 aromatic carbocycles. The molecular formula is C30H31FN4O4. The fraction of sp³-hybridized carbons (Fsp3) is 0.333. The van der Waals surface area contributed by atoms with Crippen LogP contribution in [0.3, 0.4) is 0 Å². The van der Waals surface area contributed by atoms with Crippen LogP contribution in [-0.2, 0) is 15.8 Å². The predicted molar refractivity (Wildman–Crippen MR) is 145 cm³/mol. The highest BCUT2D eigenvalue weighted by molar-refractivity contribution is 5.99. The first-order valence-corrected chi connectivity index (χ1v) is 12.9. The molecule has 3 N–H and O–H groups in total. The van der Waals surface area contributed by atoms with Crippen molar-refractivity contribution in [1.29, 1.82) is 0 Å². The first-order chi connectivity index (χ1) is 18.4. The van der Waals surface area contributed by atoms with Crippen LogP contribution in [0.15, 0.2) is 54.7 Å². The summed E-state index contributed by atoms with van der Waals surface area (Å²) in [5.74, 6) is -0.738. The molecule has 9 heteroatoms. The second-order valence-corrected chi connectivity index (χ2v) is 10.9. The van der Waals surface area contributed by atoms with Crippen LogP contribution < -0.4 is 10.5 Å². The molecule has 0 fully saturated rings. The van der Waals surface area contributed by atoms with Crippen LogP contribution in [-0.4, -0.2) is 38.2 Å². The Morgan fingerprint density at radius 3 is 2.59 bits per heavy atom. The third kappa shape index (κ3) is 4.78. The van der Waals surface area contributed by atoms with E-state index in [1.54, 1.807) is 38.1 Å². The van der Waals surface area contributed by atoms with Crippen molar-refractivity contribution in [3.05, 3.63) is 77.4 Å². The predicted octanol–water partition coefficient (Wildman–Crippen LogP) is 4.82. The van der Waals surface area contributed by atoms with Gasteiger partial charge in [0, 0.05) is 40.7 Å². The molecule has 1 amide bonds. The summed E-state index contributed by atoms with van der Waals surface area (Å²) in [4.78, 5) is 30.2. The number of aromatic nitrogens is 3. The summed E-state index contributed by atoms with van der Waals surface area (Å²) in [7, 11) is 0. The van der Waals surface area contributed by atoms with Crippen LogP contribution >= 0.6 is 0 Å². The first-order valence-electron chi connectivity index (χ1n) is 12.9. The summed E-state index contributed by atoms with van der Waals surface area (Å²) in [6.07, 6.45) is 2.05. The van der Waals surface area contributed by atoms with Crippen molar-refractivity contribution >= 4 is 22.6 Å². The number of Topliss-reactive ketones (excluding diaryl/α,β-unsaturated/α-hetero) is 1. The maximum absolute atomic E-state index is 13.6. The van der Waals surface area contributed by atoms with Gasteiger partial charge in [-0.15, -0.1) is 0 Å². The maximum atomic E-state index is 13.6. The Hall–Kier alpha value is -4.11. The summed E-state index contributed by atoms with van der Waals surface area (Å²) in [5.41, 5.74) is 6.11. The van der Waals surface area contributed by atoms with Gasteiger partial charge in [0.2, 0.25) is 5.91 Å². The van der Waals surface area contributed by atoms with E-state index in [1.807, 2.05) is 36.9 Å². The Morgan fingerprint density at radius 1 is 1.21 bits per heavy atom. The number of ether oxygens (including phenoxy) is 1. The van der Waals surface area contributed by atoms with Crippen LogP contribution in [0.25, 0.3) is 22.2 Å². The van der Waals surface area contributed by atoms with Crippen LogP contribution in [0.1, 0.15) is 68.2 Å². The van der Waals surface area contributed by atoms with Crippen molar-refractivity contribution < 1.29 is 23.8 Å². The average molecular weight is 531 g/mol. The highest BCUT2D eigenvalue weighted by atomic mass is 19.1. The minimum absolute atomic E-state index is 0.0213. The summed E-state index contributed by atoms with van der Waals surface area (Å²) in [6.45, 7) is 7.35. The fourth-order valence-corrected chi connectivity index (χ4v) is 4.78. The number of primary amides is 1. The zero-order chi connectivity index (χ0) is 28.1. The monoisotopic (exact) mass is 530 g/mol. The molecule has 2 aromatic heterocycles. The van der Waals surface area contributed by atoms with E-state index in [1.165, 1.54) is 12.1 Å². The summed E-state index contributed by atoms with van der Waals surface area (Å²) < 4.78 is 21.3. The number of ketones is 1. The van der Waals surface area contributed by atoms with E-state index in [4.69, 9.17) is 10.5 Å². The Labute approximate surface area is 225 Å². The lowest BCUT2D eigenvalue weighted by atomic mass is 9.81. The summed E-state index contributed by atoms with van der Waals surface area (Å²) in [5, 5.41) is 16.9. The average Bonchev–Trinajstić information content (AvgIpc) is 3.49. The van der Waals surface area contributed by atoms with Gasteiger partial charge in [-0.05, 0) is 82.6 Å². The van der Waals surface area contributed by atoms with Gasteiger partial charge in [-0.3, -0.25) is 14.3 Å². The lowest BCUT2D eigenvalue weighted by molar-refractivity contribution is -0.123. The van der Waals surface area contributed by atoms with Crippen molar-refractivity contribution in [2.45, 2.75) is 57.6 Å². The standard InChI is InChI=1S/C30H31FN4O4/c1-17(2)35-15-20-13-19(7-10-23(20)34-35)24(36)11-12-30(4,38)25-14-22-27(39-16-29(22,3)28(32)37)26(33-25)18-5-8-21(31)9-6-18/h5-10,13-15,17,38H,11-12,16H2,1-4H3,(H2,32,37)/t29-,30-/m0/s1. The second-order valence-electron chi connectivity index (χ2n) is 10.9. The van der Waals surface area contributed by atoms with Gasteiger partial charge < -0.3 is 15.6 Å². The van der Waals surface area contributed by atoms with Crippen LogP contribution in [0.2, 0.25) is 0 Å². The van der Waals surface area contributed by atoms with Crippen LogP contribution in [0, 0.1) is 5.82 Å². The molecule has 1 aliphatic rings. The highest BCUT2D eigenvalue weighted by Crippen LogP contribution is 2.46. The van der Waals surface area contributed by atoms with E-state index < -0.39 is 22.7 Å². The lowest BCUT2D eigenvalue weighted by Crippen LogP contribution is -2.40. The topological polar surface area (TPSA) is 120 Å². The first kappa shape index (κ1) is 26.5. The van der Waals surface area contributed by atoms with Crippen molar-refractivity contribution in [2.24, 2.45) is 5.73 Å². The summed E-state index contributed by atoms with van der Waals surface area (Å²) in [6, 6.07) is 12.9. The summed E-state index contributed by atoms with van der Waals surface area (Å²) >= 11 is 0. The molecule has 0 aliphatic carbocycles. The number of carbonyl (C=O) groups is 2.